The lowest BCUT2D eigenvalue weighted by atomic mass is 9.91. The highest BCUT2D eigenvalue weighted by molar-refractivity contribution is 5.59. The van der Waals surface area contributed by atoms with Gasteiger partial charge in [-0.15, -0.1) is 0 Å². The minimum absolute atomic E-state index is 0.0711. The standard InChI is InChI=1S/C13H17FO3/c1-7(5-6-15)10-8(2)11(14)9(3)13(17-4)12(10)16/h6-7,16H,5H2,1-4H3. The number of aldehydes is 1. The Bertz CT molecular complexity index is 441. The van der Waals surface area contributed by atoms with Gasteiger partial charge in [-0.1, -0.05) is 6.92 Å². The highest BCUT2D eigenvalue weighted by atomic mass is 19.1. The molecule has 1 aromatic rings. The van der Waals surface area contributed by atoms with Gasteiger partial charge in [0.2, 0.25) is 0 Å². The molecule has 0 aromatic heterocycles. The summed E-state index contributed by atoms with van der Waals surface area (Å²) in [4.78, 5) is 10.5. The first-order valence-electron chi connectivity index (χ1n) is 5.44. The first-order chi connectivity index (χ1) is 7.95. The Balaban J connectivity index is 3.49. The van der Waals surface area contributed by atoms with Crippen molar-refractivity contribution in [1.29, 1.82) is 0 Å². The largest absolute Gasteiger partial charge is 0.504 e. The summed E-state index contributed by atoms with van der Waals surface area (Å²) in [5.41, 5.74) is 1.09. The van der Waals surface area contributed by atoms with Crippen molar-refractivity contribution in [1.82, 2.24) is 0 Å². The third-order valence-electron chi connectivity index (χ3n) is 3.02. The fraction of sp³-hybridized carbons (Fsp3) is 0.462. The molecule has 0 bridgehead atoms. The van der Waals surface area contributed by atoms with Crippen LogP contribution in [0.15, 0.2) is 0 Å². The molecule has 3 nitrogen and oxygen atoms in total. The van der Waals surface area contributed by atoms with Crippen LogP contribution in [0.4, 0.5) is 4.39 Å². The molecule has 0 saturated heterocycles. The Morgan fingerprint density at radius 2 is 2.00 bits per heavy atom. The van der Waals surface area contributed by atoms with Crippen molar-refractivity contribution < 1.29 is 19.0 Å². The Kier molecular flexibility index (Phi) is 4.10. The van der Waals surface area contributed by atoms with Gasteiger partial charge in [0.15, 0.2) is 11.5 Å². The lowest BCUT2D eigenvalue weighted by molar-refractivity contribution is -0.108. The zero-order valence-corrected chi connectivity index (χ0v) is 10.5. The van der Waals surface area contributed by atoms with Crippen molar-refractivity contribution in [3.05, 3.63) is 22.5 Å². The van der Waals surface area contributed by atoms with Crippen molar-refractivity contribution in [2.75, 3.05) is 7.11 Å². The zero-order chi connectivity index (χ0) is 13.2. The first kappa shape index (κ1) is 13.5. The summed E-state index contributed by atoms with van der Waals surface area (Å²) in [7, 11) is 1.38. The van der Waals surface area contributed by atoms with Crippen LogP contribution in [0.1, 0.15) is 36.0 Å². The minimum atomic E-state index is -0.396. The third kappa shape index (κ3) is 2.25. The maximum absolute atomic E-state index is 13.9. The zero-order valence-electron chi connectivity index (χ0n) is 10.5. The summed E-state index contributed by atoms with van der Waals surface area (Å²) in [6.45, 7) is 4.91. The van der Waals surface area contributed by atoms with Crippen molar-refractivity contribution in [2.45, 2.75) is 33.1 Å². The molecule has 1 aromatic carbocycles. The molecule has 1 rings (SSSR count). The average Bonchev–Trinajstić information content (AvgIpc) is 2.27. The number of ether oxygens (including phenoxy) is 1. The van der Waals surface area contributed by atoms with Gasteiger partial charge in [-0.2, -0.15) is 0 Å². The van der Waals surface area contributed by atoms with Crippen LogP contribution in [-0.2, 0) is 4.79 Å². The van der Waals surface area contributed by atoms with Crippen molar-refractivity contribution in [3.63, 3.8) is 0 Å². The Morgan fingerprint density at radius 1 is 1.41 bits per heavy atom. The highest BCUT2D eigenvalue weighted by Crippen LogP contribution is 2.42. The maximum Gasteiger partial charge on any atom is 0.166 e. The summed E-state index contributed by atoms with van der Waals surface area (Å²) < 4.78 is 18.9. The van der Waals surface area contributed by atoms with E-state index < -0.39 is 5.82 Å². The van der Waals surface area contributed by atoms with E-state index in [1.807, 2.05) is 0 Å². The number of hydrogen-bond donors (Lipinski definition) is 1. The Hall–Kier alpha value is -1.58. The van der Waals surface area contributed by atoms with E-state index in [9.17, 15) is 14.3 Å². The molecular weight excluding hydrogens is 223 g/mol. The number of carbonyl (C=O) groups excluding carboxylic acids is 1. The topological polar surface area (TPSA) is 46.5 Å². The van der Waals surface area contributed by atoms with E-state index in [4.69, 9.17) is 4.74 Å². The minimum Gasteiger partial charge on any atom is -0.504 e. The molecule has 94 valence electrons. The lowest BCUT2D eigenvalue weighted by Crippen LogP contribution is -2.04. The molecule has 0 radical (unpaired) electrons. The Labute approximate surface area is 100 Å². The second kappa shape index (κ2) is 5.17. The number of phenolic OH excluding ortho intramolecular Hbond substituents is 1. The first-order valence-corrected chi connectivity index (χ1v) is 5.44. The van der Waals surface area contributed by atoms with Gasteiger partial charge in [0, 0.05) is 17.5 Å². The van der Waals surface area contributed by atoms with Crippen LogP contribution < -0.4 is 4.74 Å². The van der Waals surface area contributed by atoms with E-state index in [0.29, 0.717) is 11.1 Å². The van der Waals surface area contributed by atoms with Gasteiger partial charge in [0.25, 0.3) is 0 Å². The molecule has 0 spiro atoms. The van der Waals surface area contributed by atoms with Gasteiger partial charge in [-0.3, -0.25) is 0 Å². The predicted molar refractivity (Wildman–Crippen MR) is 63.2 cm³/mol. The number of phenols is 1. The molecule has 1 N–H and O–H groups in total. The van der Waals surface area contributed by atoms with E-state index in [1.165, 1.54) is 7.11 Å². The van der Waals surface area contributed by atoms with Crippen LogP contribution >= 0.6 is 0 Å². The van der Waals surface area contributed by atoms with Crippen molar-refractivity contribution >= 4 is 6.29 Å². The van der Waals surface area contributed by atoms with Crippen LogP contribution in [0.25, 0.3) is 0 Å². The van der Waals surface area contributed by atoms with Crippen molar-refractivity contribution in [2.24, 2.45) is 0 Å². The molecule has 17 heavy (non-hydrogen) atoms. The molecule has 1 atom stereocenters. The molecule has 0 fully saturated rings. The SMILES string of the molecule is COc1c(C)c(F)c(C)c(C(C)CC=O)c1O. The second-order valence-electron chi connectivity index (χ2n) is 4.16. The maximum atomic E-state index is 13.9. The second-order valence-corrected chi connectivity index (χ2v) is 4.16. The molecule has 0 saturated carbocycles. The van der Waals surface area contributed by atoms with Gasteiger partial charge >= 0.3 is 0 Å². The smallest absolute Gasteiger partial charge is 0.166 e. The van der Waals surface area contributed by atoms with Gasteiger partial charge in [0.1, 0.15) is 12.1 Å². The summed E-state index contributed by atoms with van der Waals surface area (Å²) in [5, 5.41) is 10.1. The molecular formula is C13H17FO3. The van der Waals surface area contributed by atoms with E-state index in [-0.39, 0.29) is 29.4 Å². The number of methoxy groups -OCH3 is 1. The number of aromatic hydroxyl groups is 1. The average molecular weight is 240 g/mol. The number of benzene rings is 1. The van der Waals surface area contributed by atoms with Crippen LogP contribution in [-0.4, -0.2) is 18.5 Å². The summed E-state index contributed by atoms with van der Waals surface area (Å²) in [6, 6.07) is 0. The Morgan fingerprint density at radius 3 is 2.47 bits per heavy atom. The highest BCUT2D eigenvalue weighted by Gasteiger charge is 2.23. The molecule has 0 amide bonds. The summed E-state index contributed by atoms with van der Waals surface area (Å²) in [6.07, 6.45) is 0.994. The van der Waals surface area contributed by atoms with Gasteiger partial charge in [-0.25, -0.2) is 4.39 Å². The number of carbonyl (C=O) groups is 1. The van der Waals surface area contributed by atoms with E-state index >= 15 is 0 Å². The molecule has 0 aliphatic rings. The summed E-state index contributed by atoms with van der Waals surface area (Å²) >= 11 is 0. The lowest BCUT2D eigenvalue weighted by Gasteiger charge is -2.19. The summed E-state index contributed by atoms with van der Waals surface area (Å²) in [5.74, 6) is -0.567. The van der Waals surface area contributed by atoms with Gasteiger partial charge in [-0.05, 0) is 25.3 Å². The van der Waals surface area contributed by atoms with Gasteiger partial charge < -0.3 is 14.6 Å². The predicted octanol–water partition coefficient (Wildman–Crippen LogP) is 2.85. The molecule has 4 heteroatoms. The van der Waals surface area contributed by atoms with Crippen LogP contribution in [0.3, 0.4) is 0 Å². The molecule has 0 aliphatic carbocycles. The van der Waals surface area contributed by atoms with Crippen LogP contribution in [0.5, 0.6) is 11.5 Å². The quantitative estimate of drug-likeness (QED) is 0.823. The van der Waals surface area contributed by atoms with E-state index in [0.717, 1.165) is 6.29 Å². The number of rotatable bonds is 4. The normalized spacial score (nSPS) is 12.3. The van der Waals surface area contributed by atoms with E-state index in [2.05, 4.69) is 0 Å². The monoisotopic (exact) mass is 240 g/mol. The van der Waals surface area contributed by atoms with Crippen molar-refractivity contribution in [3.8, 4) is 11.5 Å². The molecule has 0 aliphatic heterocycles. The van der Waals surface area contributed by atoms with Crippen LogP contribution in [0, 0.1) is 19.7 Å². The molecule has 0 heterocycles. The third-order valence-corrected chi connectivity index (χ3v) is 3.02. The van der Waals surface area contributed by atoms with E-state index in [1.54, 1.807) is 20.8 Å². The fourth-order valence-electron chi connectivity index (χ4n) is 2.09. The fourth-order valence-corrected chi connectivity index (χ4v) is 2.09. The molecule has 1 unspecified atom stereocenters. The number of hydrogen-bond acceptors (Lipinski definition) is 3. The van der Waals surface area contributed by atoms with Gasteiger partial charge in [0.05, 0.1) is 7.11 Å². The van der Waals surface area contributed by atoms with Crippen LogP contribution in [0.2, 0.25) is 0 Å². The number of halogens is 1.